The summed E-state index contributed by atoms with van der Waals surface area (Å²) in [5.41, 5.74) is 8.79. The summed E-state index contributed by atoms with van der Waals surface area (Å²) in [5.74, 6) is 0. The molecule has 1 heterocycles. The maximum atomic E-state index is 6.06. The number of rotatable bonds is 3. The van der Waals surface area contributed by atoms with E-state index in [1.54, 1.807) is 0 Å². The van der Waals surface area contributed by atoms with Gasteiger partial charge in [0.25, 0.3) is 0 Å². The van der Waals surface area contributed by atoms with E-state index < -0.39 is 0 Å². The second kappa shape index (κ2) is 6.80. The highest BCUT2D eigenvalue weighted by atomic mass is 35.5. The molecule has 0 bridgehead atoms. The van der Waals surface area contributed by atoms with Crippen molar-refractivity contribution in [3.63, 3.8) is 0 Å². The third kappa shape index (κ3) is 3.87. The number of hydrogen-bond donors (Lipinski definition) is 1. The van der Waals surface area contributed by atoms with E-state index in [1.165, 1.54) is 25.7 Å². The Morgan fingerprint density at radius 3 is 2.58 bits per heavy atom. The summed E-state index contributed by atoms with van der Waals surface area (Å²) >= 11 is 6.06. The van der Waals surface area contributed by atoms with Crippen LogP contribution in [0.5, 0.6) is 0 Å². The third-order valence-electron chi connectivity index (χ3n) is 3.51. The lowest BCUT2D eigenvalue weighted by molar-refractivity contribution is 0.300. The first kappa shape index (κ1) is 14.2. The lowest BCUT2D eigenvalue weighted by atomic mass is 10.1. The molecule has 0 spiro atoms. The number of nitrogens with zero attached hydrogens (tertiary/aromatic N) is 2. The van der Waals surface area contributed by atoms with Crippen molar-refractivity contribution in [1.29, 1.82) is 0 Å². The summed E-state index contributed by atoms with van der Waals surface area (Å²) in [6, 6.07) is 5.59. The van der Waals surface area contributed by atoms with E-state index in [9.17, 15) is 0 Å². The summed E-state index contributed by atoms with van der Waals surface area (Å²) in [7, 11) is 0. The van der Waals surface area contributed by atoms with Crippen LogP contribution in [0.3, 0.4) is 0 Å². The Hall–Kier alpha value is -1.22. The molecule has 2 rings (SSSR count). The second-order valence-corrected chi connectivity index (χ2v) is 5.44. The third-order valence-corrected chi connectivity index (χ3v) is 3.74. The predicted molar refractivity (Wildman–Crippen MR) is 82.7 cm³/mol. The van der Waals surface area contributed by atoms with Gasteiger partial charge >= 0.3 is 0 Å². The first-order valence-electron chi connectivity index (χ1n) is 7.08. The van der Waals surface area contributed by atoms with Crippen molar-refractivity contribution in [2.24, 2.45) is 5.10 Å². The minimum atomic E-state index is 0.709. The van der Waals surface area contributed by atoms with Gasteiger partial charge in [-0.25, -0.2) is 0 Å². The minimum absolute atomic E-state index is 0.709. The molecule has 4 heteroatoms. The first-order valence-corrected chi connectivity index (χ1v) is 7.46. The summed E-state index contributed by atoms with van der Waals surface area (Å²) < 4.78 is 0. The van der Waals surface area contributed by atoms with Gasteiger partial charge in [0.2, 0.25) is 0 Å². The zero-order valence-corrected chi connectivity index (χ0v) is 12.3. The fourth-order valence-electron chi connectivity index (χ4n) is 2.42. The molecule has 1 saturated heterocycles. The molecule has 0 saturated carbocycles. The van der Waals surface area contributed by atoms with Crippen LogP contribution in [0.4, 0.5) is 5.69 Å². The number of nitrogen functional groups attached to an aromatic ring is 1. The van der Waals surface area contributed by atoms with Crippen molar-refractivity contribution < 1.29 is 0 Å². The predicted octanol–water partition coefficient (Wildman–Crippen LogP) is 3.91. The molecule has 0 aliphatic carbocycles. The topological polar surface area (TPSA) is 41.6 Å². The van der Waals surface area contributed by atoms with Crippen LogP contribution in [0.25, 0.3) is 0 Å². The quantitative estimate of drug-likeness (QED) is 0.673. The number of hydrogen-bond acceptors (Lipinski definition) is 3. The first-order chi connectivity index (χ1) is 9.20. The Morgan fingerprint density at radius 2 is 1.95 bits per heavy atom. The molecule has 0 amide bonds. The maximum absolute atomic E-state index is 6.06. The van der Waals surface area contributed by atoms with Crippen molar-refractivity contribution in [2.45, 2.75) is 39.0 Å². The lowest BCUT2D eigenvalue weighted by Gasteiger charge is -2.19. The van der Waals surface area contributed by atoms with Crippen molar-refractivity contribution >= 4 is 23.0 Å². The van der Waals surface area contributed by atoms with Gasteiger partial charge in [0.15, 0.2) is 0 Å². The van der Waals surface area contributed by atoms with Gasteiger partial charge in [-0.1, -0.05) is 31.4 Å². The van der Waals surface area contributed by atoms with E-state index >= 15 is 0 Å². The molecule has 104 valence electrons. The molecule has 3 nitrogen and oxygen atoms in total. The molecular weight excluding hydrogens is 258 g/mol. The molecule has 1 aliphatic heterocycles. The van der Waals surface area contributed by atoms with Crippen LogP contribution in [0.15, 0.2) is 23.3 Å². The van der Waals surface area contributed by atoms with Crippen LogP contribution in [-0.4, -0.2) is 23.8 Å². The van der Waals surface area contributed by atoms with E-state index in [2.05, 4.69) is 11.9 Å². The Balaban J connectivity index is 2.24. The summed E-state index contributed by atoms with van der Waals surface area (Å²) in [6.45, 7) is 4.20. The fraction of sp³-hybridized carbons (Fsp3) is 0.533. The number of halogens is 1. The van der Waals surface area contributed by atoms with E-state index in [0.29, 0.717) is 5.02 Å². The molecule has 0 radical (unpaired) electrons. The molecule has 0 aromatic heterocycles. The Labute approximate surface area is 120 Å². The normalized spacial score (nSPS) is 17.4. The minimum Gasteiger partial charge on any atom is -0.398 e. The molecule has 0 unspecified atom stereocenters. The van der Waals surface area contributed by atoms with Gasteiger partial charge < -0.3 is 5.73 Å². The highest BCUT2D eigenvalue weighted by molar-refractivity contribution is 6.31. The van der Waals surface area contributed by atoms with Crippen molar-refractivity contribution in [3.8, 4) is 0 Å². The van der Waals surface area contributed by atoms with Gasteiger partial charge in [0, 0.05) is 29.4 Å². The fourth-order valence-corrected chi connectivity index (χ4v) is 2.59. The number of anilines is 1. The summed E-state index contributed by atoms with van der Waals surface area (Å²) in [4.78, 5) is 0. The van der Waals surface area contributed by atoms with E-state index in [0.717, 1.165) is 36.5 Å². The Bertz CT molecular complexity index is 449. The lowest BCUT2D eigenvalue weighted by Crippen LogP contribution is -2.21. The molecular formula is C15H22ClN3. The van der Waals surface area contributed by atoms with Crippen LogP contribution in [0.1, 0.15) is 44.6 Å². The maximum Gasteiger partial charge on any atom is 0.0696 e. The van der Waals surface area contributed by atoms with Crippen LogP contribution >= 0.6 is 11.6 Å². The largest absolute Gasteiger partial charge is 0.398 e. The molecule has 2 N–H and O–H groups in total. The van der Waals surface area contributed by atoms with Crippen molar-refractivity contribution in [1.82, 2.24) is 5.01 Å². The number of hydrazone groups is 1. The van der Waals surface area contributed by atoms with Crippen LogP contribution in [0.2, 0.25) is 5.02 Å². The van der Waals surface area contributed by atoms with Crippen molar-refractivity contribution in [2.75, 3.05) is 18.8 Å². The average Bonchev–Trinajstić information content (AvgIpc) is 2.67. The number of benzene rings is 1. The zero-order chi connectivity index (χ0) is 13.7. The number of nitrogens with two attached hydrogens (primary N) is 1. The van der Waals surface area contributed by atoms with E-state index in [4.69, 9.17) is 22.4 Å². The molecule has 1 aromatic carbocycles. The Kier molecular flexibility index (Phi) is 5.08. The average molecular weight is 280 g/mol. The van der Waals surface area contributed by atoms with E-state index in [-0.39, 0.29) is 0 Å². The summed E-state index contributed by atoms with van der Waals surface area (Å²) in [6.07, 6.45) is 5.94. The molecule has 1 fully saturated rings. The van der Waals surface area contributed by atoms with Crippen LogP contribution in [-0.2, 0) is 0 Å². The molecule has 1 aliphatic rings. The summed E-state index contributed by atoms with van der Waals surface area (Å²) in [5, 5.41) is 7.69. The molecule has 1 aromatic rings. The molecule has 19 heavy (non-hydrogen) atoms. The van der Waals surface area contributed by atoms with Gasteiger partial charge in [-0.2, -0.15) is 5.10 Å². The monoisotopic (exact) mass is 279 g/mol. The highest BCUT2D eigenvalue weighted by Crippen LogP contribution is 2.21. The second-order valence-electron chi connectivity index (χ2n) is 5.00. The van der Waals surface area contributed by atoms with Gasteiger partial charge in [-0.15, -0.1) is 0 Å². The van der Waals surface area contributed by atoms with Crippen LogP contribution in [0, 0.1) is 0 Å². The van der Waals surface area contributed by atoms with Gasteiger partial charge in [-0.3, -0.25) is 5.01 Å². The van der Waals surface area contributed by atoms with E-state index in [1.807, 2.05) is 18.2 Å². The van der Waals surface area contributed by atoms with Gasteiger partial charge in [0.05, 0.1) is 5.71 Å². The smallest absolute Gasteiger partial charge is 0.0696 e. The van der Waals surface area contributed by atoms with Gasteiger partial charge in [0.1, 0.15) is 0 Å². The van der Waals surface area contributed by atoms with Crippen LogP contribution < -0.4 is 5.73 Å². The van der Waals surface area contributed by atoms with Crippen molar-refractivity contribution in [3.05, 3.63) is 28.8 Å². The zero-order valence-electron chi connectivity index (χ0n) is 11.5. The Morgan fingerprint density at radius 1 is 1.26 bits per heavy atom. The van der Waals surface area contributed by atoms with Gasteiger partial charge in [-0.05, 0) is 37.5 Å². The highest BCUT2D eigenvalue weighted by Gasteiger charge is 2.11. The molecule has 0 atom stereocenters. The standard InChI is InChI=1S/C15H22ClN3/c1-2-15(13-11-12(16)7-8-14(13)17)18-19-9-5-3-4-6-10-19/h7-8,11H,2-6,9-10,17H2,1H3/b18-15+. The SMILES string of the molecule is CC/C(=N\N1CCCCCC1)c1cc(Cl)ccc1N.